The van der Waals surface area contributed by atoms with Crippen LogP contribution in [0.1, 0.15) is 15.9 Å². The van der Waals surface area contributed by atoms with Crippen LogP contribution in [0.3, 0.4) is 0 Å². The molecule has 5 nitrogen and oxygen atoms in total. The Labute approximate surface area is 158 Å². The average Bonchev–Trinajstić information content (AvgIpc) is 2.68. The first-order valence-corrected chi connectivity index (χ1v) is 8.90. The van der Waals surface area contributed by atoms with Crippen molar-refractivity contribution >= 4 is 23.4 Å². The number of piperazine rings is 1. The number of carbonyl (C=O) groups excluding carboxylic acids is 2. The van der Waals surface area contributed by atoms with Crippen LogP contribution in [0.4, 0.5) is 0 Å². The molecular weight excluding hydrogens is 352 g/mol. The van der Waals surface area contributed by atoms with Crippen LogP contribution in [0.25, 0.3) is 0 Å². The molecule has 1 saturated heterocycles. The number of amides is 2. The minimum absolute atomic E-state index is 0.0465. The predicted octanol–water partition coefficient (Wildman–Crippen LogP) is 2.88. The lowest BCUT2D eigenvalue weighted by Gasteiger charge is -2.35. The molecule has 0 atom stereocenters. The highest BCUT2D eigenvalue weighted by atomic mass is 35.5. The van der Waals surface area contributed by atoms with Gasteiger partial charge in [0.05, 0.1) is 13.5 Å². The Bertz CT molecular complexity index is 784. The van der Waals surface area contributed by atoms with Gasteiger partial charge in [-0.2, -0.15) is 0 Å². The lowest BCUT2D eigenvalue weighted by Crippen LogP contribution is -2.51. The van der Waals surface area contributed by atoms with Crippen molar-refractivity contribution in [2.24, 2.45) is 0 Å². The number of carbonyl (C=O) groups is 2. The van der Waals surface area contributed by atoms with Crippen molar-refractivity contribution in [1.82, 2.24) is 9.80 Å². The summed E-state index contributed by atoms with van der Waals surface area (Å²) in [6.45, 7) is 2.14. The summed E-state index contributed by atoms with van der Waals surface area (Å²) in [6.07, 6.45) is 0.353. The average molecular weight is 373 g/mol. The van der Waals surface area contributed by atoms with Crippen LogP contribution in [0.5, 0.6) is 5.75 Å². The number of rotatable bonds is 4. The fraction of sp³-hybridized carbons (Fsp3) is 0.300. The zero-order valence-corrected chi connectivity index (χ0v) is 15.4. The summed E-state index contributed by atoms with van der Waals surface area (Å²) in [5, 5.41) is 0.546. The summed E-state index contributed by atoms with van der Waals surface area (Å²) < 4.78 is 5.13. The molecule has 136 valence electrons. The minimum atomic E-state index is -0.0465. The van der Waals surface area contributed by atoms with Gasteiger partial charge in [0.15, 0.2) is 0 Å². The molecule has 0 spiro atoms. The molecule has 0 N–H and O–H groups in total. The van der Waals surface area contributed by atoms with Gasteiger partial charge in [0.25, 0.3) is 5.91 Å². The number of hydrogen-bond donors (Lipinski definition) is 0. The van der Waals surface area contributed by atoms with Gasteiger partial charge in [0, 0.05) is 36.8 Å². The molecule has 2 amide bonds. The van der Waals surface area contributed by atoms with E-state index in [0.29, 0.717) is 43.2 Å². The van der Waals surface area contributed by atoms with Gasteiger partial charge in [-0.3, -0.25) is 9.59 Å². The summed E-state index contributed by atoms with van der Waals surface area (Å²) in [5.74, 6) is 0.800. The normalized spacial score (nSPS) is 14.2. The van der Waals surface area contributed by atoms with Crippen molar-refractivity contribution in [2.45, 2.75) is 6.42 Å². The molecule has 0 aliphatic carbocycles. The van der Waals surface area contributed by atoms with E-state index >= 15 is 0 Å². The van der Waals surface area contributed by atoms with Crippen molar-refractivity contribution in [1.29, 1.82) is 0 Å². The molecule has 1 fully saturated rings. The Morgan fingerprint density at radius 3 is 2.27 bits per heavy atom. The van der Waals surface area contributed by atoms with E-state index in [1.165, 1.54) is 0 Å². The predicted molar refractivity (Wildman–Crippen MR) is 101 cm³/mol. The summed E-state index contributed by atoms with van der Waals surface area (Å²) in [5.41, 5.74) is 1.53. The molecule has 0 saturated carbocycles. The standard InChI is InChI=1S/C20H21ClN2O3/c1-26-18-7-5-15(6-8-18)13-19(24)22-9-11-23(12-10-22)20(25)16-3-2-4-17(21)14-16/h2-8,14H,9-13H2,1H3. The van der Waals surface area contributed by atoms with Gasteiger partial charge in [-0.05, 0) is 35.9 Å². The third-order valence-corrected chi connectivity index (χ3v) is 4.74. The highest BCUT2D eigenvalue weighted by molar-refractivity contribution is 6.30. The molecule has 0 unspecified atom stereocenters. The van der Waals surface area contributed by atoms with Crippen LogP contribution in [0, 0.1) is 0 Å². The highest BCUT2D eigenvalue weighted by Gasteiger charge is 2.24. The zero-order chi connectivity index (χ0) is 18.5. The van der Waals surface area contributed by atoms with Gasteiger partial charge in [0.1, 0.15) is 5.75 Å². The van der Waals surface area contributed by atoms with Crippen LogP contribution in [-0.4, -0.2) is 54.9 Å². The second kappa shape index (κ2) is 8.23. The first-order valence-electron chi connectivity index (χ1n) is 8.52. The topological polar surface area (TPSA) is 49.9 Å². The maximum Gasteiger partial charge on any atom is 0.254 e. The summed E-state index contributed by atoms with van der Waals surface area (Å²) in [4.78, 5) is 28.6. The van der Waals surface area contributed by atoms with E-state index in [2.05, 4.69) is 0 Å². The first kappa shape index (κ1) is 18.3. The Hall–Kier alpha value is -2.53. The number of halogens is 1. The van der Waals surface area contributed by atoms with Crippen LogP contribution >= 0.6 is 11.6 Å². The molecule has 1 aliphatic heterocycles. The van der Waals surface area contributed by atoms with Gasteiger partial charge in [-0.25, -0.2) is 0 Å². The number of methoxy groups -OCH3 is 1. The lowest BCUT2D eigenvalue weighted by atomic mass is 10.1. The Morgan fingerprint density at radius 1 is 1.00 bits per heavy atom. The molecule has 2 aromatic carbocycles. The van der Waals surface area contributed by atoms with Crippen molar-refractivity contribution in [3.05, 3.63) is 64.7 Å². The van der Waals surface area contributed by atoms with Gasteiger partial charge >= 0.3 is 0 Å². The van der Waals surface area contributed by atoms with Gasteiger partial charge in [-0.15, -0.1) is 0 Å². The molecule has 0 radical (unpaired) electrons. The summed E-state index contributed by atoms with van der Waals surface area (Å²) in [7, 11) is 1.62. The molecule has 3 rings (SSSR count). The smallest absolute Gasteiger partial charge is 0.254 e. The molecule has 26 heavy (non-hydrogen) atoms. The second-order valence-electron chi connectivity index (χ2n) is 6.21. The third-order valence-electron chi connectivity index (χ3n) is 4.51. The number of nitrogens with zero attached hydrogens (tertiary/aromatic N) is 2. The Balaban J connectivity index is 1.54. The molecule has 1 heterocycles. The minimum Gasteiger partial charge on any atom is -0.497 e. The first-order chi connectivity index (χ1) is 12.6. The summed E-state index contributed by atoms with van der Waals surface area (Å²) >= 11 is 5.96. The number of ether oxygens (including phenoxy) is 1. The quantitative estimate of drug-likeness (QED) is 0.829. The fourth-order valence-electron chi connectivity index (χ4n) is 2.99. The summed E-state index contributed by atoms with van der Waals surface area (Å²) in [6, 6.07) is 14.4. The molecule has 1 aliphatic rings. The SMILES string of the molecule is COc1ccc(CC(=O)N2CCN(C(=O)c3cccc(Cl)c3)CC2)cc1. The van der Waals surface area contributed by atoms with Gasteiger partial charge < -0.3 is 14.5 Å². The number of benzene rings is 2. The van der Waals surface area contributed by atoms with Crippen LogP contribution in [0.2, 0.25) is 5.02 Å². The molecule has 0 aromatic heterocycles. The van der Waals surface area contributed by atoms with E-state index in [1.807, 2.05) is 29.2 Å². The maximum absolute atomic E-state index is 12.5. The largest absolute Gasteiger partial charge is 0.497 e. The molecular formula is C20H21ClN2O3. The number of hydrogen-bond acceptors (Lipinski definition) is 3. The van der Waals surface area contributed by atoms with Crippen molar-refractivity contribution < 1.29 is 14.3 Å². The molecule has 2 aromatic rings. The van der Waals surface area contributed by atoms with Crippen LogP contribution < -0.4 is 4.74 Å². The maximum atomic E-state index is 12.5. The van der Waals surface area contributed by atoms with Crippen molar-refractivity contribution in [3.8, 4) is 5.75 Å². The van der Waals surface area contributed by atoms with E-state index in [1.54, 1.807) is 36.3 Å². The van der Waals surface area contributed by atoms with E-state index in [0.717, 1.165) is 11.3 Å². The zero-order valence-electron chi connectivity index (χ0n) is 14.7. The monoisotopic (exact) mass is 372 g/mol. The second-order valence-corrected chi connectivity index (χ2v) is 6.64. The van der Waals surface area contributed by atoms with E-state index in [9.17, 15) is 9.59 Å². The third kappa shape index (κ3) is 4.35. The molecule has 6 heteroatoms. The highest BCUT2D eigenvalue weighted by Crippen LogP contribution is 2.16. The molecule has 0 bridgehead atoms. The van der Waals surface area contributed by atoms with Crippen molar-refractivity contribution in [2.75, 3.05) is 33.3 Å². The Kier molecular flexibility index (Phi) is 5.78. The van der Waals surface area contributed by atoms with E-state index < -0.39 is 0 Å². The lowest BCUT2D eigenvalue weighted by molar-refractivity contribution is -0.131. The van der Waals surface area contributed by atoms with Crippen molar-refractivity contribution in [3.63, 3.8) is 0 Å². The van der Waals surface area contributed by atoms with Gasteiger partial charge in [0.2, 0.25) is 5.91 Å². The van der Waals surface area contributed by atoms with Gasteiger partial charge in [-0.1, -0.05) is 29.8 Å². The fourth-order valence-corrected chi connectivity index (χ4v) is 3.18. The van der Waals surface area contributed by atoms with Crippen LogP contribution in [0.15, 0.2) is 48.5 Å². The Morgan fingerprint density at radius 2 is 1.65 bits per heavy atom. The van der Waals surface area contributed by atoms with Crippen LogP contribution in [-0.2, 0) is 11.2 Å². The van der Waals surface area contributed by atoms with E-state index in [-0.39, 0.29) is 11.8 Å². The van der Waals surface area contributed by atoms with E-state index in [4.69, 9.17) is 16.3 Å².